The van der Waals surface area contributed by atoms with Gasteiger partial charge < -0.3 is 5.32 Å². The van der Waals surface area contributed by atoms with E-state index in [-0.39, 0.29) is 0 Å². The van der Waals surface area contributed by atoms with Crippen LogP contribution in [0.25, 0.3) is 12.2 Å². The quantitative estimate of drug-likeness (QED) is 0.670. The number of nitrogens with zero attached hydrogens (tertiary/aromatic N) is 3. The van der Waals surface area contributed by atoms with Crippen LogP contribution in [0.2, 0.25) is 10.0 Å². The summed E-state index contributed by atoms with van der Waals surface area (Å²) in [6.07, 6.45) is 5.52. The van der Waals surface area contributed by atoms with Gasteiger partial charge in [-0.3, -0.25) is 0 Å². The van der Waals surface area contributed by atoms with Crippen LogP contribution in [0, 0.1) is 0 Å². The van der Waals surface area contributed by atoms with Crippen LogP contribution in [0.1, 0.15) is 11.1 Å². The molecule has 0 fully saturated rings. The molecule has 1 heterocycles. The summed E-state index contributed by atoms with van der Waals surface area (Å²) < 4.78 is 0. The molecular weight excluding hydrogens is 331 g/mol. The Morgan fingerprint density at radius 3 is 2.48 bits per heavy atom. The second-order valence-electron chi connectivity index (χ2n) is 4.70. The van der Waals surface area contributed by atoms with Gasteiger partial charge in [-0.05, 0) is 22.4 Å². The molecule has 0 saturated heterocycles. The molecule has 1 N–H and O–H groups in total. The standard InChI is InChI=1S/C17H12Cl2N4/c18-14-9-8-13(7-6-12-4-2-1-3-5-12)17(16(14)19)21-15-10-11-20-23-22-15/h1-11H,(H,20,21,22). The Morgan fingerprint density at radius 2 is 1.74 bits per heavy atom. The average Bonchev–Trinajstić information content (AvgIpc) is 2.60. The van der Waals surface area contributed by atoms with Gasteiger partial charge in [-0.15, -0.1) is 10.2 Å². The Balaban J connectivity index is 1.97. The van der Waals surface area contributed by atoms with Crippen molar-refractivity contribution in [3.05, 3.63) is 75.9 Å². The molecule has 0 aliphatic rings. The molecule has 114 valence electrons. The number of rotatable bonds is 4. The predicted molar refractivity (Wildman–Crippen MR) is 94.9 cm³/mol. The molecule has 0 unspecified atom stereocenters. The molecule has 0 saturated carbocycles. The summed E-state index contributed by atoms with van der Waals surface area (Å²) in [6.45, 7) is 0. The lowest BCUT2D eigenvalue weighted by Gasteiger charge is -2.11. The first-order valence-electron chi connectivity index (χ1n) is 6.86. The lowest BCUT2D eigenvalue weighted by molar-refractivity contribution is 0.871. The van der Waals surface area contributed by atoms with E-state index >= 15 is 0 Å². The third kappa shape index (κ3) is 3.86. The first-order chi connectivity index (χ1) is 11.2. The summed E-state index contributed by atoms with van der Waals surface area (Å²) in [4.78, 5) is 0. The molecule has 23 heavy (non-hydrogen) atoms. The van der Waals surface area contributed by atoms with E-state index in [9.17, 15) is 0 Å². The van der Waals surface area contributed by atoms with Crippen molar-refractivity contribution in [3.63, 3.8) is 0 Å². The van der Waals surface area contributed by atoms with E-state index in [1.165, 1.54) is 0 Å². The van der Waals surface area contributed by atoms with Crippen LogP contribution in [-0.2, 0) is 0 Å². The van der Waals surface area contributed by atoms with Gasteiger partial charge in [0.15, 0.2) is 5.82 Å². The number of hydrogen-bond acceptors (Lipinski definition) is 4. The van der Waals surface area contributed by atoms with Crippen molar-refractivity contribution in [2.45, 2.75) is 0 Å². The molecule has 0 aliphatic carbocycles. The highest BCUT2D eigenvalue weighted by Crippen LogP contribution is 2.35. The van der Waals surface area contributed by atoms with Gasteiger partial charge in [0.2, 0.25) is 0 Å². The van der Waals surface area contributed by atoms with E-state index in [1.54, 1.807) is 18.3 Å². The number of benzene rings is 2. The molecule has 6 heteroatoms. The first kappa shape index (κ1) is 15.5. The van der Waals surface area contributed by atoms with E-state index in [4.69, 9.17) is 23.2 Å². The van der Waals surface area contributed by atoms with Crippen LogP contribution < -0.4 is 5.32 Å². The van der Waals surface area contributed by atoms with Gasteiger partial charge in [0, 0.05) is 6.07 Å². The molecule has 2 aromatic carbocycles. The lowest BCUT2D eigenvalue weighted by atomic mass is 10.1. The summed E-state index contributed by atoms with van der Waals surface area (Å²) in [5.41, 5.74) is 2.65. The highest BCUT2D eigenvalue weighted by atomic mass is 35.5. The van der Waals surface area contributed by atoms with E-state index in [1.807, 2.05) is 48.6 Å². The van der Waals surface area contributed by atoms with Crippen LogP contribution in [-0.4, -0.2) is 15.4 Å². The maximum atomic E-state index is 6.34. The summed E-state index contributed by atoms with van der Waals surface area (Å²) in [5, 5.41) is 15.2. The fourth-order valence-corrected chi connectivity index (χ4v) is 2.39. The van der Waals surface area contributed by atoms with E-state index in [2.05, 4.69) is 20.7 Å². The number of anilines is 2. The van der Waals surface area contributed by atoms with Gasteiger partial charge in [0.25, 0.3) is 0 Å². The molecule has 0 atom stereocenters. The largest absolute Gasteiger partial charge is 0.337 e. The third-order valence-electron chi connectivity index (χ3n) is 3.14. The van der Waals surface area contributed by atoms with E-state index < -0.39 is 0 Å². The molecule has 0 amide bonds. The Labute approximate surface area is 143 Å². The first-order valence-corrected chi connectivity index (χ1v) is 7.62. The molecule has 1 aromatic heterocycles. The fourth-order valence-electron chi connectivity index (χ4n) is 2.02. The van der Waals surface area contributed by atoms with Crippen molar-refractivity contribution in [2.24, 2.45) is 0 Å². The summed E-state index contributed by atoms with van der Waals surface area (Å²) >= 11 is 12.5. The van der Waals surface area contributed by atoms with Crippen molar-refractivity contribution in [3.8, 4) is 0 Å². The molecule has 3 rings (SSSR count). The van der Waals surface area contributed by atoms with Crippen LogP contribution in [0.3, 0.4) is 0 Å². The van der Waals surface area contributed by atoms with Crippen LogP contribution in [0.5, 0.6) is 0 Å². The van der Waals surface area contributed by atoms with Crippen molar-refractivity contribution in [1.29, 1.82) is 0 Å². The van der Waals surface area contributed by atoms with E-state index in [0.717, 1.165) is 11.1 Å². The summed E-state index contributed by atoms with van der Waals surface area (Å²) in [5.74, 6) is 0.540. The van der Waals surface area contributed by atoms with Crippen molar-refractivity contribution < 1.29 is 0 Å². The van der Waals surface area contributed by atoms with Gasteiger partial charge in [0.1, 0.15) is 0 Å². The molecule has 0 spiro atoms. The molecule has 0 bridgehead atoms. The van der Waals surface area contributed by atoms with Crippen LogP contribution in [0.4, 0.5) is 11.5 Å². The minimum absolute atomic E-state index is 0.431. The Hall–Kier alpha value is -2.43. The predicted octanol–water partition coefficient (Wildman–Crippen LogP) is 5.09. The third-order valence-corrected chi connectivity index (χ3v) is 3.94. The number of hydrogen-bond donors (Lipinski definition) is 1. The van der Waals surface area contributed by atoms with Crippen molar-refractivity contribution >= 4 is 46.9 Å². The van der Waals surface area contributed by atoms with Crippen molar-refractivity contribution in [2.75, 3.05) is 5.32 Å². The van der Waals surface area contributed by atoms with Gasteiger partial charge >= 0.3 is 0 Å². The zero-order valence-corrected chi connectivity index (χ0v) is 13.5. The highest BCUT2D eigenvalue weighted by Gasteiger charge is 2.10. The Bertz CT molecular complexity index is 821. The lowest BCUT2D eigenvalue weighted by Crippen LogP contribution is -1.99. The topological polar surface area (TPSA) is 50.7 Å². The normalized spacial score (nSPS) is 10.9. The number of aromatic nitrogens is 3. The maximum absolute atomic E-state index is 6.34. The molecular formula is C17H12Cl2N4. The van der Waals surface area contributed by atoms with Crippen LogP contribution in [0.15, 0.2) is 54.7 Å². The van der Waals surface area contributed by atoms with Crippen LogP contribution >= 0.6 is 23.2 Å². The number of halogens is 2. The fraction of sp³-hybridized carbons (Fsp3) is 0. The summed E-state index contributed by atoms with van der Waals surface area (Å²) in [7, 11) is 0. The van der Waals surface area contributed by atoms with Gasteiger partial charge in [-0.1, -0.05) is 71.8 Å². The SMILES string of the molecule is Clc1ccc(C=Cc2ccccc2)c(Nc2ccnnn2)c1Cl. The monoisotopic (exact) mass is 342 g/mol. The average molecular weight is 343 g/mol. The maximum Gasteiger partial charge on any atom is 0.156 e. The molecule has 0 aliphatic heterocycles. The minimum Gasteiger partial charge on any atom is -0.337 e. The zero-order chi connectivity index (χ0) is 16.1. The van der Waals surface area contributed by atoms with Gasteiger partial charge in [-0.2, -0.15) is 0 Å². The smallest absolute Gasteiger partial charge is 0.156 e. The molecule has 0 radical (unpaired) electrons. The minimum atomic E-state index is 0.431. The van der Waals surface area contributed by atoms with Gasteiger partial charge in [0.05, 0.1) is 21.9 Å². The Morgan fingerprint density at radius 1 is 0.913 bits per heavy atom. The van der Waals surface area contributed by atoms with Crippen molar-refractivity contribution in [1.82, 2.24) is 15.4 Å². The Kier molecular flexibility index (Phi) is 4.86. The highest BCUT2D eigenvalue weighted by molar-refractivity contribution is 6.44. The van der Waals surface area contributed by atoms with E-state index in [0.29, 0.717) is 21.6 Å². The summed E-state index contributed by atoms with van der Waals surface area (Å²) in [6, 6.07) is 15.4. The zero-order valence-electron chi connectivity index (χ0n) is 11.9. The number of nitrogens with one attached hydrogen (secondary N) is 1. The second-order valence-corrected chi connectivity index (χ2v) is 5.49. The van der Waals surface area contributed by atoms with Gasteiger partial charge in [-0.25, -0.2) is 0 Å². The molecule has 3 aromatic rings. The second kappa shape index (κ2) is 7.22. The molecule has 4 nitrogen and oxygen atoms in total.